The monoisotopic (exact) mass is 298 g/mol. The van der Waals surface area contributed by atoms with Gasteiger partial charge < -0.3 is 10.2 Å². The molecule has 114 valence electrons. The van der Waals surface area contributed by atoms with Gasteiger partial charge in [0.25, 0.3) is 0 Å². The Morgan fingerprint density at radius 3 is 2.55 bits per heavy atom. The third kappa shape index (κ3) is 3.74. The molecular weight excluding hydrogens is 272 g/mol. The fourth-order valence-corrected chi connectivity index (χ4v) is 3.14. The van der Waals surface area contributed by atoms with Crippen molar-refractivity contribution >= 4 is 11.6 Å². The average molecular weight is 299 g/mol. The summed E-state index contributed by atoms with van der Waals surface area (Å²) in [6, 6.07) is 0. The lowest BCUT2D eigenvalue weighted by Gasteiger charge is -2.31. The Labute approximate surface area is 127 Å². The van der Waals surface area contributed by atoms with Crippen molar-refractivity contribution in [3.63, 3.8) is 0 Å². The van der Waals surface area contributed by atoms with E-state index in [4.69, 9.17) is 11.6 Å². The van der Waals surface area contributed by atoms with Crippen molar-refractivity contribution in [1.29, 1.82) is 0 Å². The average Bonchev–Trinajstić information content (AvgIpc) is 2.75. The number of hydrogen-bond donors (Lipinski definition) is 1. The van der Waals surface area contributed by atoms with E-state index in [1.165, 1.54) is 32.5 Å². The van der Waals surface area contributed by atoms with Crippen molar-refractivity contribution in [1.82, 2.24) is 20.0 Å². The molecule has 0 spiro atoms. The second-order valence-electron chi connectivity index (χ2n) is 5.67. The highest BCUT2D eigenvalue weighted by molar-refractivity contribution is 6.31. The van der Waals surface area contributed by atoms with Gasteiger partial charge >= 0.3 is 0 Å². The summed E-state index contributed by atoms with van der Waals surface area (Å²) in [6.07, 6.45) is 2.61. The number of rotatable bonds is 6. The highest BCUT2D eigenvalue weighted by atomic mass is 35.5. The van der Waals surface area contributed by atoms with Crippen LogP contribution in [0.5, 0.6) is 0 Å². The van der Waals surface area contributed by atoms with Crippen molar-refractivity contribution < 1.29 is 0 Å². The van der Waals surface area contributed by atoms with E-state index in [9.17, 15) is 0 Å². The van der Waals surface area contributed by atoms with Crippen molar-refractivity contribution in [2.75, 3.05) is 26.2 Å². The van der Waals surface area contributed by atoms with Crippen LogP contribution >= 0.6 is 11.6 Å². The molecule has 1 fully saturated rings. The van der Waals surface area contributed by atoms with Crippen molar-refractivity contribution in [2.24, 2.45) is 5.92 Å². The lowest BCUT2D eigenvalue weighted by Crippen LogP contribution is -2.37. The lowest BCUT2D eigenvalue weighted by atomic mass is 9.97. The van der Waals surface area contributed by atoms with Crippen LogP contribution < -0.4 is 5.32 Å². The number of piperidine rings is 1. The Morgan fingerprint density at radius 1 is 1.25 bits per heavy atom. The zero-order valence-corrected chi connectivity index (χ0v) is 13.7. The minimum Gasteiger partial charge on any atom is -0.311 e. The highest BCUT2D eigenvalue weighted by Crippen LogP contribution is 2.21. The molecule has 1 aromatic heterocycles. The van der Waals surface area contributed by atoms with Crippen LogP contribution in [-0.2, 0) is 13.1 Å². The van der Waals surface area contributed by atoms with Crippen LogP contribution in [0.4, 0.5) is 0 Å². The van der Waals surface area contributed by atoms with Crippen LogP contribution in [0.25, 0.3) is 0 Å². The second-order valence-corrected chi connectivity index (χ2v) is 6.05. The largest absolute Gasteiger partial charge is 0.311 e. The standard InChI is InChI=1S/C15H27ClN4/c1-4-19-8-6-13(7-9-19)10-17-11-14-15(16)12(3)18-20(14)5-2/h13,17H,4-11H2,1-3H3. The van der Waals surface area contributed by atoms with E-state index in [1.807, 2.05) is 11.6 Å². The maximum Gasteiger partial charge on any atom is 0.0860 e. The van der Waals surface area contributed by atoms with Gasteiger partial charge in [0.15, 0.2) is 0 Å². The van der Waals surface area contributed by atoms with Crippen molar-refractivity contribution in [3.05, 3.63) is 16.4 Å². The van der Waals surface area contributed by atoms with Gasteiger partial charge in [-0.3, -0.25) is 4.68 Å². The second kappa shape index (κ2) is 7.43. The maximum atomic E-state index is 6.32. The molecule has 0 amide bonds. The number of hydrogen-bond acceptors (Lipinski definition) is 3. The molecule has 0 bridgehead atoms. The molecule has 0 saturated carbocycles. The highest BCUT2D eigenvalue weighted by Gasteiger charge is 2.18. The molecule has 2 rings (SSSR count). The van der Waals surface area contributed by atoms with E-state index in [2.05, 4.69) is 29.2 Å². The Balaban J connectivity index is 1.79. The fraction of sp³-hybridized carbons (Fsp3) is 0.800. The zero-order chi connectivity index (χ0) is 14.5. The summed E-state index contributed by atoms with van der Waals surface area (Å²) in [5.41, 5.74) is 2.05. The Hall–Kier alpha value is -0.580. The van der Waals surface area contributed by atoms with Gasteiger partial charge in [-0.1, -0.05) is 18.5 Å². The van der Waals surface area contributed by atoms with E-state index >= 15 is 0 Å². The molecule has 0 aromatic carbocycles. The number of aromatic nitrogens is 2. The maximum absolute atomic E-state index is 6.32. The summed E-state index contributed by atoms with van der Waals surface area (Å²) in [7, 11) is 0. The van der Waals surface area contributed by atoms with E-state index in [0.717, 1.165) is 42.0 Å². The molecule has 0 radical (unpaired) electrons. The van der Waals surface area contributed by atoms with Gasteiger partial charge in [0, 0.05) is 13.1 Å². The van der Waals surface area contributed by atoms with E-state index in [0.29, 0.717) is 0 Å². The first-order valence-corrected chi connectivity index (χ1v) is 8.18. The molecular formula is C15H27ClN4. The summed E-state index contributed by atoms with van der Waals surface area (Å²) in [4.78, 5) is 2.53. The molecule has 5 heteroatoms. The van der Waals surface area contributed by atoms with Crippen LogP contribution in [0.2, 0.25) is 5.02 Å². The van der Waals surface area contributed by atoms with Crippen LogP contribution in [0.3, 0.4) is 0 Å². The third-order valence-electron chi connectivity index (χ3n) is 4.33. The first kappa shape index (κ1) is 15.8. The van der Waals surface area contributed by atoms with Crippen LogP contribution in [0.15, 0.2) is 0 Å². The molecule has 1 saturated heterocycles. The number of likely N-dealkylation sites (tertiary alicyclic amines) is 1. The minimum absolute atomic E-state index is 0.802. The number of nitrogens with zero attached hydrogens (tertiary/aromatic N) is 3. The van der Waals surface area contributed by atoms with Gasteiger partial charge in [-0.05, 0) is 58.8 Å². The van der Waals surface area contributed by atoms with Crippen LogP contribution in [-0.4, -0.2) is 40.9 Å². The van der Waals surface area contributed by atoms with Gasteiger partial charge in [-0.2, -0.15) is 5.10 Å². The van der Waals surface area contributed by atoms with Gasteiger partial charge in [0.1, 0.15) is 0 Å². The molecule has 0 unspecified atom stereocenters. The predicted molar refractivity (Wildman–Crippen MR) is 84.2 cm³/mol. The predicted octanol–water partition coefficient (Wildman–Crippen LogP) is 2.69. The first-order valence-electron chi connectivity index (χ1n) is 7.80. The van der Waals surface area contributed by atoms with Gasteiger partial charge in [0.05, 0.1) is 16.4 Å². The minimum atomic E-state index is 0.802. The van der Waals surface area contributed by atoms with Gasteiger partial charge in [0.2, 0.25) is 0 Å². The molecule has 2 heterocycles. The molecule has 20 heavy (non-hydrogen) atoms. The first-order chi connectivity index (χ1) is 9.65. The Bertz CT molecular complexity index is 422. The summed E-state index contributed by atoms with van der Waals surface area (Å²) < 4.78 is 2.00. The SMILES string of the molecule is CCN1CCC(CNCc2c(Cl)c(C)nn2CC)CC1. The number of halogens is 1. The summed E-state index contributed by atoms with van der Waals surface area (Å²) in [6.45, 7) is 12.8. The quantitative estimate of drug-likeness (QED) is 0.876. The zero-order valence-electron chi connectivity index (χ0n) is 13.0. The fourth-order valence-electron chi connectivity index (χ4n) is 2.94. The smallest absolute Gasteiger partial charge is 0.0860 e. The molecule has 1 aliphatic heterocycles. The van der Waals surface area contributed by atoms with Gasteiger partial charge in [-0.15, -0.1) is 0 Å². The summed E-state index contributed by atoms with van der Waals surface area (Å²) >= 11 is 6.32. The molecule has 1 aromatic rings. The molecule has 4 nitrogen and oxygen atoms in total. The van der Waals surface area contributed by atoms with E-state index < -0.39 is 0 Å². The molecule has 0 atom stereocenters. The molecule has 0 aliphatic carbocycles. The van der Waals surface area contributed by atoms with E-state index in [1.54, 1.807) is 0 Å². The van der Waals surface area contributed by atoms with Crippen LogP contribution in [0.1, 0.15) is 38.1 Å². The summed E-state index contributed by atoms with van der Waals surface area (Å²) in [5, 5.41) is 8.84. The van der Waals surface area contributed by atoms with Crippen molar-refractivity contribution in [3.8, 4) is 0 Å². The number of nitrogens with one attached hydrogen (secondary N) is 1. The normalized spacial score (nSPS) is 17.8. The Kier molecular flexibility index (Phi) is 5.87. The van der Waals surface area contributed by atoms with Crippen LogP contribution in [0, 0.1) is 12.8 Å². The Morgan fingerprint density at radius 2 is 1.95 bits per heavy atom. The third-order valence-corrected chi connectivity index (χ3v) is 4.82. The molecule has 1 N–H and O–H groups in total. The summed E-state index contributed by atoms with van der Waals surface area (Å²) in [5.74, 6) is 0.802. The topological polar surface area (TPSA) is 33.1 Å². The lowest BCUT2D eigenvalue weighted by molar-refractivity contribution is 0.190. The van der Waals surface area contributed by atoms with E-state index in [-0.39, 0.29) is 0 Å². The number of aryl methyl sites for hydroxylation is 2. The van der Waals surface area contributed by atoms with Gasteiger partial charge in [-0.25, -0.2) is 0 Å². The van der Waals surface area contributed by atoms with Crippen molar-refractivity contribution in [2.45, 2.75) is 46.7 Å². The molecule has 1 aliphatic rings.